The van der Waals surface area contributed by atoms with Crippen molar-refractivity contribution in [2.45, 2.75) is 6.54 Å². The summed E-state index contributed by atoms with van der Waals surface area (Å²) in [5.74, 6) is 0. The topological polar surface area (TPSA) is 42.7 Å². The fourth-order valence-electron chi connectivity index (χ4n) is 2.47. The highest BCUT2D eigenvalue weighted by Crippen LogP contribution is 2.25. The van der Waals surface area contributed by atoms with Gasteiger partial charge >= 0.3 is 0 Å². The molecule has 106 valence electrons. The maximum absolute atomic E-state index is 4.57. The minimum absolute atomic E-state index is 0.815. The molecule has 0 saturated carbocycles. The molecule has 0 saturated heterocycles. The number of aryl methyl sites for hydroxylation is 1. The molecule has 0 radical (unpaired) electrons. The number of rotatable bonds is 4. The molecule has 2 aromatic heterocycles. The number of nitrogens with zero attached hydrogens (tertiary/aromatic N) is 3. The largest absolute Gasteiger partial charge is 0.316 e. The smallest absolute Gasteiger partial charge is 0.0967 e. The summed E-state index contributed by atoms with van der Waals surface area (Å²) in [6.07, 6.45) is 5.68. The van der Waals surface area contributed by atoms with Crippen molar-refractivity contribution in [1.29, 1.82) is 0 Å². The summed E-state index contributed by atoms with van der Waals surface area (Å²) in [5, 5.41) is 7.75. The fraction of sp³-hybridized carbons (Fsp3) is 0.176. The Bertz CT molecular complexity index is 714. The summed E-state index contributed by atoms with van der Waals surface area (Å²) < 4.78 is 1.86. The van der Waals surface area contributed by atoms with Gasteiger partial charge in [-0.3, -0.25) is 9.67 Å². The Labute approximate surface area is 124 Å². The quantitative estimate of drug-likeness (QED) is 0.798. The van der Waals surface area contributed by atoms with Gasteiger partial charge in [0.15, 0.2) is 0 Å². The van der Waals surface area contributed by atoms with Crippen LogP contribution < -0.4 is 5.32 Å². The van der Waals surface area contributed by atoms with Crippen LogP contribution in [0, 0.1) is 0 Å². The van der Waals surface area contributed by atoms with Gasteiger partial charge in [-0.25, -0.2) is 0 Å². The Morgan fingerprint density at radius 2 is 1.57 bits per heavy atom. The predicted molar refractivity (Wildman–Crippen MR) is 84.6 cm³/mol. The Balaban J connectivity index is 1.94. The second kappa shape index (κ2) is 5.89. The predicted octanol–water partition coefficient (Wildman–Crippen LogP) is 2.87. The van der Waals surface area contributed by atoms with Crippen LogP contribution in [-0.2, 0) is 13.6 Å². The van der Waals surface area contributed by atoms with E-state index in [4.69, 9.17) is 0 Å². The fourth-order valence-corrected chi connectivity index (χ4v) is 2.47. The summed E-state index contributed by atoms with van der Waals surface area (Å²) in [7, 11) is 3.90. The van der Waals surface area contributed by atoms with E-state index in [-0.39, 0.29) is 0 Å². The lowest BCUT2D eigenvalue weighted by Crippen LogP contribution is -2.05. The SMILES string of the molecule is CNCc1cn(C)nc1-c1ccc(-c2ccncc2)cc1. The lowest BCUT2D eigenvalue weighted by molar-refractivity contribution is 0.765. The Morgan fingerprint density at radius 3 is 2.24 bits per heavy atom. The van der Waals surface area contributed by atoms with Crippen molar-refractivity contribution >= 4 is 0 Å². The number of pyridine rings is 1. The molecule has 4 nitrogen and oxygen atoms in total. The summed E-state index contributed by atoms with van der Waals surface area (Å²) >= 11 is 0. The van der Waals surface area contributed by atoms with Gasteiger partial charge in [0.05, 0.1) is 5.69 Å². The van der Waals surface area contributed by atoms with E-state index in [1.807, 2.05) is 43.3 Å². The molecule has 0 aliphatic carbocycles. The second-order valence-corrected chi connectivity index (χ2v) is 5.02. The third-order valence-electron chi connectivity index (χ3n) is 3.44. The second-order valence-electron chi connectivity index (χ2n) is 5.02. The zero-order valence-corrected chi connectivity index (χ0v) is 12.2. The third kappa shape index (κ3) is 2.85. The molecular formula is C17H18N4. The van der Waals surface area contributed by atoms with E-state index in [0.29, 0.717) is 0 Å². The molecule has 0 aliphatic rings. The zero-order valence-electron chi connectivity index (χ0n) is 12.2. The molecule has 0 spiro atoms. The van der Waals surface area contributed by atoms with Gasteiger partial charge in [-0.1, -0.05) is 24.3 Å². The molecule has 21 heavy (non-hydrogen) atoms. The van der Waals surface area contributed by atoms with Gasteiger partial charge in [0.25, 0.3) is 0 Å². The normalized spacial score (nSPS) is 10.8. The van der Waals surface area contributed by atoms with Crippen LogP contribution in [0.5, 0.6) is 0 Å². The Kier molecular flexibility index (Phi) is 3.79. The first-order valence-corrected chi connectivity index (χ1v) is 6.96. The highest BCUT2D eigenvalue weighted by molar-refractivity contribution is 5.69. The molecule has 3 rings (SSSR count). The minimum atomic E-state index is 0.815. The molecule has 4 heteroatoms. The molecule has 1 aromatic carbocycles. The van der Waals surface area contributed by atoms with E-state index in [1.165, 1.54) is 16.7 Å². The van der Waals surface area contributed by atoms with Crippen LogP contribution in [0.25, 0.3) is 22.4 Å². The van der Waals surface area contributed by atoms with Gasteiger partial charge in [0.2, 0.25) is 0 Å². The molecule has 0 bridgehead atoms. The first-order chi connectivity index (χ1) is 10.3. The Morgan fingerprint density at radius 1 is 0.952 bits per heavy atom. The summed E-state index contributed by atoms with van der Waals surface area (Å²) in [5.41, 5.74) is 5.74. The molecule has 1 N–H and O–H groups in total. The number of aromatic nitrogens is 3. The van der Waals surface area contributed by atoms with Gasteiger partial charge in [0.1, 0.15) is 0 Å². The molecule has 0 unspecified atom stereocenters. The van der Waals surface area contributed by atoms with Gasteiger partial charge in [-0.05, 0) is 30.3 Å². The first kappa shape index (κ1) is 13.5. The van der Waals surface area contributed by atoms with Gasteiger partial charge in [0, 0.05) is 43.3 Å². The van der Waals surface area contributed by atoms with Crippen LogP contribution >= 0.6 is 0 Å². The number of benzene rings is 1. The molecule has 0 atom stereocenters. The molecule has 0 aliphatic heterocycles. The van der Waals surface area contributed by atoms with Crippen molar-refractivity contribution in [2.24, 2.45) is 7.05 Å². The van der Waals surface area contributed by atoms with E-state index in [9.17, 15) is 0 Å². The van der Waals surface area contributed by atoms with Crippen LogP contribution in [0.4, 0.5) is 0 Å². The molecular weight excluding hydrogens is 260 g/mol. The molecule has 0 fully saturated rings. The Hall–Kier alpha value is -2.46. The van der Waals surface area contributed by atoms with Crippen molar-refractivity contribution < 1.29 is 0 Å². The van der Waals surface area contributed by atoms with E-state index in [1.54, 1.807) is 0 Å². The first-order valence-electron chi connectivity index (χ1n) is 6.96. The highest BCUT2D eigenvalue weighted by Gasteiger charge is 2.09. The maximum Gasteiger partial charge on any atom is 0.0967 e. The highest BCUT2D eigenvalue weighted by atomic mass is 15.3. The van der Waals surface area contributed by atoms with Crippen molar-refractivity contribution in [1.82, 2.24) is 20.1 Å². The molecule has 3 aromatic rings. The van der Waals surface area contributed by atoms with Gasteiger partial charge in [-0.15, -0.1) is 0 Å². The zero-order chi connectivity index (χ0) is 14.7. The third-order valence-corrected chi connectivity index (χ3v) is 3.44. The van der Waals surface area contributed by atoms with E-state index in [2.05, 4.69) is 45.9 Å². The molecule has 0 amide bonds. The lowest BCUT2D eigenvalue weighted by atomic mass is 10.0. The van der Waals surface area contributed by atoms with E-state index < -0.39 is 0 Å². The van der Waals surface area contributed by atoms with Crippen molar-refractivity contribution in [2.75, 3.05) is 7.05 Å². The van der Waals surface area contributed by atoms with Crippen molar-refractivity contribution in [3.63, 3.8) is 0 Å². The van der Waals surface area contributed by atoms with Crippen LogP contribution in [0.2, 0.25) is 0 Å². The van der Waals surface area contributed by atoms with Gasteiger partial charge < -0.3 is 5.32 Å². The van der Waals surface area contributed by atoms with Crippen LogP contribution in [0.1, 0.15) is 5.56 Å². The minimum Gasteiger partial charge on any atom is -0.316 e. The van der Waals surface area contributed by atoms with Crippen molar-refractivity contribution in [3.8, 4) is 22.4 Å². The van der Waals surface area contributed by atoms with Crippen LogP contribution in [0.15, 0.2) is 55.0 Å². The number of hydrogen-bond donors (Lipinski definition) is 1. The maximum atomic E-state index is 4.57. The monoisotopic (exact) mass is 278 g/mol. The summed E-state index contributed by atoms with van der Waals surface area (Å²) in [4.78, 5) is 4.05. The standard InChI is InChI=1S/C17H18N4/c1-18-11-16-12-21(2)20-17(16)15-5-3-13(4-6-15)14-7-9-19-10-8-14/h3-10,12,18H,11H2,1-2H3. The van der Waals surface area contributed by atoms with E-state index >= 15 is 0 Å². The lowest BCUT2D eigenvalue weighted by Gasteiger charge is -2.04. The van der Waals surface area contributed by atoms with Gasteiger partial charge in [-0.2, -0.15) is 5.10 Å². The summed E-state index contributed by atoms with van der Waals surface area (Å²) in [6.45, 7) is 0.815. The number of nitrogens with one attached hydrogen (secondary N) is 1. The van der Waals surface area contributed by atoms with E-state index in [0.717, 1.165) is 17.8 Å². The average molecular weight is 278 g/mol. The van der Waals surface area contributed by atoms with Crippen LogP contribution in [0.3, 0.4) is 0 Å². The average Bonchev–Trinajstić information content (AvgIpc) is 2.89. The molecule has 2 heterocycles. The number of hydrogen-bond acceptors (Lipinski definition) is 3. The summed E-state index contributed by atoms with van der Waals surface area (Å²) in [6, 6.07) is 12.5. The van der Waals surface area contributed by atoms with Crippen LogP contribution in [-0.4, -0.2) is 21.8 Å². The van der Waals surface area contributed by atoms with Crippen molar-refractivity contribution in [3.05, 3.63) is 60.6 Å².